The van der Waals surface area contributed by atoms with Gasteiger partial charge in [0.1, 0.15) is 17.4 Å². The molecule has 2 saturated carbocycles. The molecule has 272 valence electrons. The number of aliphatic hydroxyl groups is 1. The van der Waals surface area contributed by atoms with Crippen LogP contribution in [0.3, 0.4) is 0 Å². The summed E-state index contributed by atoms with van der Waals surface area (Å²) in [7, 11) is 0. The summed E-state index contributed by atoms with van der Waals surface area (Å²) < 4.78 is 8.73. The number of fused-ring (bicyclic) bond motifs is 2. The fraction of sp³-hybridized carbons (Fsp3) is 0.391. The number of aromatic nitrogens is 1. The fourth-order valence-corrected chi connectivity index (χ4v) is 9.14. The highest BCUT2D eigenvalue weighted by Crippen LogP contribution is 2.47. The van der Waals surface area contributed by atoms with Gasteiger partial charge in [0.05, 0.1) is 23.2 Å². The van der Waals surface area contributed by atoms with Crippen LogP contribution in [0.5, 0.6) is 5.75 Å². The molecule has 2 heterocycles. The Labute approximate surface area is 313 Å². The number of para-hydroxylation sites is 1. The topological polar surface area (TPSA) is 99.3 Å². The average Bonchev–Trinajstić information content (AvgIpc) is 3.98. The fourth-order valence-electron chi connectivity index (χ4n) is 9.14. The van der Waals surface area contributed by atoms with Crippen LogP contribution in [0.2, 0.25) is 0 Å². The van der Waals surface area contributed by atoms with Crippen molar-refractivity contribution in [3.8, 4) is 17.5 Å². The first-order chi connectivity index (χ1) is 25.9. The molecule has 1 unspecified atom stereocenters. The molecule has 2 aliphatic carbocycles. The first-order valence-electron chi connectivity index (χ1n) is 19.7. The number of carbonyl (C=O) groups excluding carboxylic acids is 1. The summed E-state index contributed by atoms with van der Waals surface area (Å²) in [6.07, 6.45) is 12.3. The molecule has 1 aromatic heterocycles. The maximum Gasteiger partial charge on any atom is 0.251 e. The zero-order valence-corrected chi connectivity index (χ0v) is 30.7. The van der Waals surface area contributed by atoms with E-state index in [4.69, 9.17) is 4.74 Å². The van der Waals surface area contributed by atoms with E-state index in [1.165, 1.54) is 31.2 Å². The minimum absolute atomic E-state index is 0.0476. The van der Waals surface area contributed by atoms with Crippen molar-refractivity contribution in [3.05, 3.63) is 131 Å². The summed E-state index contributed by atoms with van der Waals surface area (Å²) >= 11 is 0. The monoisotopic (exact) mass is 706 g/mol. The lowest BCUT2D eigenvalue weighted by molar-refractivity contribution is 0.0326. The largest absolute Gasteiger partial charge is 0.487 e. The number of amides is 1. The third-order valence-corrected chi connectivity index (χ3v) is 12.1. The molecule has 3 aliphatic rings. The van der Waals surface area contributed by atoms with Crippen LogP contribution < -0.4 is 15.4 Å². The lowest BCUT2D eigenvalue weighted by Gasteiger charge is -2.41. The molecule has 1 spiro atoms. The van der Waals surface area contributed by atoms with E-state index in [1.54, 1.807) is 0 Å². The molecule has 7 heteroatoms. The number of rotatable bonds is 11. The van der Waals surface area contributed by atoms with Gasteiger partial charge >= 0.3 is 0 Å². The molecule has 0 saturated heterocycles. The number of hydrogen-bond acceptors (Lipinski definition) is 5. The summed E-state index contributed by atoms with van der Waals surface area (Å²) in [5.74, 6) is 1.12. The smallest absolute Gasteiger partial charge is 0.251 e. The van der Waals surface area contributed by atoms with Gasteiger partial charge in [0.2, 0.25) is 0 Å². The van der Waals surface area contributed by atoms with E-state index in [-0.39, 0.29) is 17.6 Å². The summed E-state index contributed by atoms with van der Waals surface area (Å²) in [6.45, 7) is 2.50. The molecule has 0 bridgehead atoms. The zero-order chi connectivity index (χ0) is 36.4. The Bertz CT molecular complexity index is 2120. The van der Waals surface area contributed by atoms with E-state index >= 15 is 0 Å². The van der Waals surface area contributed by atoms with Gasteiger partial charge in [0.25, 0.3) is 5.91 Å². The Kier molecular flexibility index (Phi) is 10.1. The highest BCUT2D eigenvalue weighted by atomic mass is 16.5. The molecule has 2 fully saturated rings. The maximum absolute atomic E-state index is 14.4. The van der Waals surface area contributed by atoms with Crippen molar-refractivity contribution in [2.75, 3.05) is 6.54 Å². The summed E-state index contributed by atoms with van der Waals surface area (Å²) in [6, 6.07) is 32.6. The molecule has 8 rings (SSSR count). The third-order valence-electron chi connectivity index (χ3n) is 12.1. The lowest BCUT2D eigenvalue weighted by atomic mass is 9.85. The van der Waals surface area contributed by atoms with Crippen molar-refractivity contribution in [1.29, 1.82) is 5.26 Å². The maximum atomic E-state index is 14.4. The molecule has 7 nitrogen and oxygen atoms in total. The van der Waals surface area contributed by atoms with E-state index < -0.39 is 12.1 Å². The normalized spacial score (nSPS) is 19.1. The Morgan fingerprint density at radius 2 is 1.74 bits per heavy atom. The highest BCUT2D eigenvalue weighted by molar-refractivity contribution is 5.96. The van der Waals surface area contributed by atoms with Crippen molar-refractivity contribution >= 4 is 16.8 Å². The molecule has 4 aromatic carbocycles. The molecular formula is C46H50N4O3. The number of carbonyl (C=O) groups is 1. The van der Waals surface area contributed by atoms with Crippen LogP contribution in [0.1, 0.15) is 115 Å². The second-order valence-corrected chi connectivity index (χ2v) is 15.6. The van der Waals surface area contributed by atoms with E-state index in [0.717, 1.165) is 77.6 Å². The number of benzene rings is 4. The van der Waals surface area contributed by atoms with Gasteiger partial charge in [-0.3, -0.25) is 4.79 Å². The lowest BCUT2D eigenvalue weighted by Crippen LogP contribution is -2.50. The predicted octanol–water partition coefficient (Wildman–Crippen LogP) is 8.85. The van der Waals surface area contributed by atoms with Gasteiger partial charge in [-0.05, 0) is 104 Å². The van der Waals surface area contributed by atoms with Crippen molar-refractivity contribution < 1.29 is 14.6 Å². The molecule has 1 aliphatic heterocycles. The van der Waals surface area contributed by atoms with Gasteiger partial charge in [0.15, 0.2) is 0 Å². The summed E-state index contributed by atoms with van der Waals surface area (Å²) in [5.41, 5.74) is 7.43. The number of nitriles is 1. The molecule has 3 atom stereocenters. The molecule has 0 radical (unpaired) electrons. The van der Waals surface area contributed by atoms with Gasteiger partial charge in [-0.15, -0.1) is 0 Å². The van der Waals surface area contributed by atoms with E-state index in [9.17, 15) is 15.2 Å². The standard InChI is InChI=1S/C46H50N4O3/c1-2-31-18-19-44-39(22-31)41(27-46(53-44)20-10-11-21-46)48-29-43(51)40(23-32-12-4-3-5-13-32)49-45(52)35-24-34(33-14-6-7-15-33)25-37(26-35)50-30-36(28-47)38-16-8-9-17-42(38)50/h3-5,8-9,12-13,16-19,22,24-26,30,33,40-41,43,48,51H,2,6-7,10-11,14-15,20-21,23,27,29H2,1H3,(H,49,52)/t40-,41-,43?/m0/s1. The number of hydrogen-bond donors (Lipinski definition) is 3. The minimum Gasteiger partial charge on any atom is -0.487 e. The van der Waals surface area contributed by atoms with E-state index in [2.05, 4.69) is 47.9 Å². The van der Waals surface area contributed by atoms with Gasteiger partial charge in [-0.2, -0.15) is 5.26 Å². The van der Waals surface area contributed by atoms with Crippen LogP contribution in [-0.4, -0.2) is 39.9 Å². The number of aliphatic hydroxyl groups excluding tert-OH is 1. The van der Waals surface area contributed by atoms with Crippen molar-refractivity contribution in [3.63, 3.8) is 0 Å². The highest BCUT2D eigenvalue weighted by Gasteiger charge is 2.43. The number of nitrogens with one attached hydrogen (secondary N) is 2. The molecule has 1 amide bonds. The van der Waals surface area contributed by atoms with Gasteiger partial charge < -0.3 is 25.0 Å². The third kappa shape index (κ3) is 7.36. The van der Waals surface area contributed by atoms with Crippen molar-refractivity contribution in [2.45, 2.75) is 107 Å². The van der Waals surface area contributed by atoms with Crippen LogP contribution in [0, 0.1) is 11.3 Å². The summed E-state index contributed by atoms with van der Waals surface area (Å²) in [4.78, 5) is 14.4. The van der Waals surface area contributed by atoms with Gasteiger partial charge in [-0.1, -0.05) is 80.4 Å². The molecular weight excluding hydrogens is 657 g/mol. The van der Waals surface area contributed by atoms with E-state index in [0.29, 0.717) is 30.0 Å². The second kappa shape index (κ2) is 15.2. The SMILES string of the molecule is CCc1ccc2c(c1)[C@@H](NCC(O)[C@H](Cc1ccccc1)NC(=O)c1cc(C3CCCC3)cc(-n3cc(C#N)c4ccccc43)c1)CC1(CCCC1)O2. The van der Waals surface area contributed by atoms with Crippen LogP contribution in [-0.2, 0) is 12.8 Å². The number of ether oxygens (including phenoxy) is 1. The average molecular weight is 707 g/mol. The Morgan fingerprint density at radius 3 is 2.51 bits per heavy atom. The quantitative estimate of drug-likeness (QED) is 0.128. The Hall–Kier alpha value is -4.90. The first kappa shape index (κ1) is 35.1. The van der Waals surface area contributed by atoms with Crippen molar-refractivity contribution in [2.24, 2.45) is 0 Å². The number of nitrogens with zero attached hydrogens (tertiary/aromatic N) is 2. The van der Waals surface area contributed by atoms with Gasteiger partial charge in [-0.25, -0.2) is 0 Å². The Balaban J connectivity index is 1.08. The number of aryl methyl sites for hydroxylation is 1. The molecule has 53 heavy (non-hydrogen) atoms. The predicted molar refractivity (Wildman–Crippen MR) is 210 cm³/mol. The van der Waals surface area contributed by atoms with E-state index in [1.807, 2.05) is 77.5 Å². The molecule has 3 N–H and O–H groups in total. The van der Waals surface area contributed by atoms with Crippen LogP contribution in [0.15, 0.2) is 97.2 Å². The second-order valence-electron chi connectivity index (χ2n) is 15.6. The minimum atomic E-state index is -0.844. The van der Waals surface area contributed by atoms with Crippen LogP contribution >= 0.6 is 0 Å². The molecule has 5 aromatic rings. The zero-order valence-electron chi connectivity index (χ0n) is 30.7. The van der Waals surface area contributed by atoms with Crippen LogP contribution in [0.25, 0.3) is 16.6 Å². The first-order valence-corrected chi connectivity index (χ1v) is 19.7. The van der Waals surface area contributed by atoms with Crippen LogP contribution in [0.4, 0.5) is 0 Å². The van der Waals surface area contributed by atoms with Gasteiger partial charge in [0, 0.05) is 47.4 Å². The summed E-state index contributed by atoms with van der Waals surface area (Å²) in [5, 5.41) is 29.8. The Morgan fingerprint density at radius 1 is 0.962 bits per heavy atom. The van der Waals surface area contributed by atoms with Crippen molar-refractivity contribution in [1.82, 2.24) is 15.2 Å².